The minimum atomic E-state index is -0.275. The summed E-state index contributed by atoms with van der Waals surface area (Å²) in [5, 5.41) is 1.74. The van der Waals surface area contributed by atoms with Crippen LogP contribution < -0.4 is 5.43 Å². The zero-order chi connectivity index (χ0) is 17.2. The Kier molecular flexibility index (Phi) is 5.26. The first-order valence-corrected chi connectivity index (χ1v) is 9.27. The van der Waals surface area contributed by atoms with Gasteiger partial charge in [0.1, 0.15) is 6.23 Å². The minimum Gasteiger partial charge on any atom is -0.351 e. The van der Waals surface area contributed by atoms with Gasteiger partial charge in [-0.3, -0.25) is 4.79 Å². The number of benzene rings is 1. The Balaban J connectivity index is 1.76. The molecule has 1 aromatic rings. The Hall–Kier alpha value is -1.39. The van der Waals surface area contributed by atoms with Gasteiger partial charge in [0.2, 0.25) is 0 Å². The highest BCUT2D eigenvalue weighted by Gasteiger charge is 2.41. The Morgan fingerprint density at radius 3 is 2.42 bits per heavy atom. The molecule has 1 saturated heterocycles. The van der Waals surface area contributed by atoms with Crippen LogP contribution in [0.25, 0.3) is 0 Å². The fourth-order valence-electron chi connectivity index (χ4n) is 3.89. The second kappa shape index (κ2) is 7.24. The summed E-state index contributed by atoms with van der Waals surface area (Å²) in [4.78, 5) is 13.0. The van der Waals surface area contributed by atoms with Gasteiger partial charge in [-0.2, -0.15) is 0 Å². The molecular weight excluding hydrogens is 300 g/mol. The predicted molar refractivity (Wildman–Crippen MR) is 95.4 cm³/mol. The smallest absolute Gasteiger partial charge is 0.270 e. The first-order chi connectivity index (χ1) is 11.4. The number of amides is 1. The standard InChI is InChI=1S/C20H30N2O2/c1-20(2,3)24-18-14-17(15-10-6-4-7-11-15)21-22(18)19(23)16-12-8-5-9-13-16/h5,8-9,12-13,15,17-18,21H,4,6-7,10-11,14H2,1-3H3/t17-,18+/m0/s1. The maximum absolute atomic E-state index is 13.0. The molecule has 0 unspecified atom stereocenters. The van der Waals surface area contributed by atoms with Gasteiger partial charge >= 0.3 is 0 Å². The average molecular weight is 330 g/mol. The number of ether oxygens (including phenoxy) is 1. The van der Waals surface area contributed by atoms with Crippen molar-refractivity contribution in [2.75, 3.05) is 0 Å². The number of hydrogen-bond acceptors (Lipinski definition) is 3. The van der Waals surface area contributed by atoms with Crippen LogP contribution in [-0.2, 0) is 4.74 Å². The van der Waals surface area contributed by atoms with Gasteiger partial charge in [0.15, 0.2) is 0 Å². The van der Waals surface area contributed by atoms with Crippen molar-refractivity contribution >= 4 is 5.91 Å². The van der Waals surface area contributed by atoms with E-state index in [4.69, 9.17) is 4.74 Å². The minimum absolute atomic E-state index is 0.00293. The lowest BCUT2D eigenvalue weighted by Gasteiger charge is -2.30. The maximum atomic E-state index is 13.0. The molecule has 0 bridgehead atoms. The van der Waals surface area contributed by atoms with Crippen molar-refractivity contribution in [1.29, 1.82) is 0 Å². The van der Waals surface area contributed by atoms with E-state index in [0.29, 0.717) is 17.5 Å². The fraction of sp³-hybridized carbons (Fsp3) is 0.650. The van der Waals surface area contributed by atoms with Crippen molar-refractivity contribution in [3.8, 4) is 0 Å². The molecule has 2 atom stereocenters. The molecule has 132 valence electrons. The van der Waals surface area contributed by atoms with Gasteiger partial charge in [0, 0.05) is 18.0 Å². The summed E-state index contributed by atoms with van der Waals surface area (Å²) in [6.45, 7) is 6.14. The van der Waals surface area contributed by atoms with E-state index in [0.717, 1.165) is 6.42 Å². The number of hydrazine groups is 1. The molecule has 1 aliphatic heterocycles. The van der Waals surface area contributed by atoms with E-state index in [9.17, 15) is 4.79 Å². The van der Waals surface area contributed by atoms with Crippen molar-refractivity contribution < 1.29 is 9.53 Å². The molecule has 4 nitrogen and oxygen atoms in total. The van der Waals surface area contributed by atoms with Gasteiger partial charge in [-0.15, -0.1) is 0 Å². The van der Waals surface area contributed by atoms with Crippen molar-refractivity contribution in [2.45, 2.75) is 77.2 Å². The fourth-order valence-corrected chi connectivity index (χ4v) is 3.89. The molecular formula is C20H30N2O2. The summed E-state index contributed by atoms with van der Waals surface area (Å²) in [5.41, 5.74) is 3.92. The molecule has 0 radical (unpaired) electrons. The third-order valence-corrected chi connectivity index (χ3v) is 5.00. The van der Waals surface area contributed by atoms with Crippen LogP contribution in [0.2, 0.25) is 0 Å². The van der Waals surface area contributed by atoms with Gasteiger partial charge in [0.25, 0.3) is 5.91 Å². The van der Waals surface area contributed by atoms with Gasteiger partial charge in [0.05, 0.1) is 5.60 Å². The number of rotatable bonds is 3. The molecule has 1 aliphatic carbocycles. The van der Waals surface area contributed by atoms with Crippen LogP contribution in [-0.4, -0.2) is 28.8 Å². The number of carbonyl (C=O) groups is 1. The van der Waals surface area contributed by atoms with E-state index in [-0.39, 0.29) is 17.7 Å². The number of hydrogen-bond donors (Lipinski definition) is 1. The SMILES string of the molecule is CC(C)(C)O[C@@H]1C[C@@H](C2CCCCC2)NN1C(=O)c1ccccc1. The van der Waals surface area contributed by atoms with Crippen molar-refractivity contribution in [3.63, 3.8) is 0 Å². The predicted octanol–water partition coefficient (Wildman–Crippen LogP) is 4.13. The molecule has 1 N–H and O–H groups in total. The van der Waals surface area contributed by atoms with Gasteiger partial charge in [-0.05, 0) is 51.7 Å². The lowest BCUT2D eigenvalue weighted by Crippen LogP contribution is -2.48. The van der Waals surface area contributed by atoms with Crippen LogP contribution in [0, 0.1) is 5.92 Å². The van der Waals surface area contributed by atoms with Gasteiger partial charge in [-0.1, -0.05) is 37.5 Å². The number of carbonyl (C=O) groups excluding carboxylic acids is 1. The molecule has 24 heavy (non-hydrogen) atoms. The van der Waals surface area contributed by atoms with Crippen molar-refractivity contribution in [2.24, 2.45) is 5.92 Å². The Bertz CT molecular complexity index is 547. The molecule has 3 rings (SSSR count). The highest BCUT2D eigenvalue weighted by molar-refractivity contribution is 5.94. The largest absolute Gasteiger partial charge is 0.351 e. The molecule has 0 spiro atoms. The third kappa shape index (κ3) is 4.17. The zero-order valence-electron chi connectivity index (χ0n) is 15.1. The monoisotopic (exact) mass is 330 g/mol. The lowest BCUT2D eigenvalue weighted by atomic mass is 9.83. The Labute approximate surface area is 145 Å². The lowest BCUT2D eigenvalue weighted by molar-refractivity contribution is -0.112. The van der Waals surface area contributed by atoms with Crippen molar-refractivity contribution in [3.05, 3.63) is 35.9 Å². The topological polar surface area (TPSA) is 41.6 Å². The Morgan fingerprint density at radius 1 is 1.12 bits per heavy atom. The molecule has 0 aromatic heterocycles. The van der Waals surface area contributed by atoms with Crippen LogP contribution >= 0.6 is 0 Å². The summed E-state index contributed by atoms with van der Waals surface area (Å²) >= 11 is 0. The highest BCUT2D eigenvalue weighted by Crippen LogP contribution is 2.33. The van der Waals surface area contributed by atoms with Crippen LogP contribution in [0.4, 0.5) is 0 Å². The average Bonchev–Trinajstić information content (AvgIpc) is 2.97. The normalized spacial score (nSPS) is 25.9. The van der Waals surface area contributed by atoms with E-state index < -0.39 is 0 Å². The summed E-state index contributed by atoms with van der Waals surface area (Å²) in [6, 6.07) is 9.81. The summed E-state index contributed by atoms with van der Waals surface area (Å²) in [5.74, 6) is 0.654. The first kappa shape index (κ1) is 17.4. The van der Waals surface area contributed by atoms with Gasteiger partial charge < -0.3 is 4.74 Å². The quantitative estimate of drug-likeness (QED) is 0.906. The zero-order valence-corrected chi connectivity index (χ0v) is 15.1. The second-order valence-corrected chi connectivity index (χ2v) is 8.10. The molecule has 1 heterocycles. The molecule has 2 aliphatic rings. The Morgan fingerprint density at radius 2 is 1.79 bits per heavy atom. The second-order valence-electron chi connectivity index (χ2n) is 8.10. The van der Waals surface area contributed by atoms with Gasteiger partial charge in [-0.25, -0.2) is 10.4 Å². The van der Waals surface area contributed by atoms with Crippen molar-refractivity contribution in [1.82, 2.24) is 10.4 Å². The molecule has 4 heteroatoms. The van der Waals surface area contributed by atoms with Crippen LogP contribution in [0.3, 0.4) is 0 Å². The molecule has 2 fully saturated rings. The third-order valence-electron chi connectivity index (χ3n) is 5.00. The summed E-state index contributed by atoms with van der Waals surface area (Å²) in [6.07, 6.45) is 7.14. The maximum Gasteiger partial charge on any atom is 0.270 e. The molecule has 1 aromatic carbocycles. The number of nitrogens with zero attached hydrogens (tertiary/aromatic N) is 1. The van der Waals surface area contributed by atoms with E-state index in [1.807, 2.05) is 51.1 Å². The van der Waals surface area contributed by atoms with E-state index >= 15 is 0 Å². The summed E-state index contributed by atoms with van der Waals surface area (Å²) in [7, 11) is 0. The van der Waals surface area contributed by atoms with E-state index in [1.165, 1.54) is 32.1 Å². The van der Waals surface area contributed by atoms with E-state index in [2.05, 4.69) is 5.43 Å². The van der Waals surface area contributed by atoms with Crippen LogP contribution in [0.15, 0.2) is 30.3 Å². The first-order valence-electron chi connectivity index (χ1n) is 9.27. The molecule has 1 saturated carbocycles. The highest BCUT2D eigenvalue weighted by atomic mass is 16.5. The van der Waals surface area contributed by atoms with E-state index in [1.54, 1.807) is 5.01 Å². The summed E-state index contributed by atoms with van der Waals surface area (Å²) < 4.78 is 6.22. The number of nitrogens with one attached hydrogen (secondary N) is 1. The van der Waals surface area contributed by atoms with Crippen LogP contribution in [0.5, 0.6) is 0 Å². The van der Waals surface area contributed by atoms with Crippen LogP contribution in [0.1, 0.15) is 69.7 Å². The molecule has 1 amide bonds.